The number of hydrogen-bond acceptors (Lipinski definition) is 5. The molecule has 1 atom stereocenters. The van der Waals surface area contributed by atoms with Crippen molar-refractivity contribution in [1.82, 2.24) is 20.2 Å². The third kappa shape index (κ3) is 2.78. The highest BCUT2D eigenvalue weighted by molar-refractivity contribution is 6.33. The third-order valence-corrected chi connectivity index (χ3v) is 6.61. The Bertz CT molecular complexity index is 979. The number of hydrogen-bond donors (Lipinski definition) is 1. The van der Waals surface area contributed by atoms with Gasteiger partial charge in [0.05, 0.1) is 23.5 Å². The molecule has 7 heteroatoms. The monoisotopic (exact) mass is 383 g/mol. The van der Waals surface area contributed by atoms with Gasteiger partial charge in [-0.3, -0.25) is 5.10 Å². The smallest absolute Gasteiger partial charge is 0.202 e. The molecule has 0 unspecified atom stereocenters. The summed E-state index contributed by atoms with van der Waals surface area (Å²) in [5, 5.41) is 8.09. The van der Waals surface area contributed by atoms with Crippen molar-refractivity contribution in [1.29, 1.82) is 0 Å². The summed E-state index contributed by atoms with van der Waals surface area (Å²) in [5.41, 5.74) is 3.42. The second kappa shape index (κ2) is 6.46. The molecule has 0 bridgehead atoms. The lowest BCUT2D eigenvalue weighted by atomic mass is 9.72. The summed E-state index contributed by atoms with van der Waals surface area (Å²) >= 11 is 6.33. The van der Waals surface area contributed by atoms with Crippen LogP contribution in [0.3, 0.4) is 0 Å². The zero-order valence-corrected chi connectivity index (χ0v) is 16.0. The van der Waals surface area contributed by atoms with E-state index < -0.39 is 0 Å². The van der Waals surface area contributed by atoms with Crippen LogP contribution >= 0.6 is 11.6 Å². The van der Waals surface area contributed by atoms with Gasteiger partial charge in [0.2, 0.25) is 5.65 Å². The van der Waals surface area contributed by atoms with Gasteiger partial charge in [0.25, 0.3) is 0 Å². The second-order valence-corrected chi connectivity index (χ2v) is 8.15. The Hall–Kier alpha value is -2.18. The van der Waals surface area contributed by atoms with Crippen molar-refractivity contribution in [3.63, 3.8) is 0 Å². The zero-order valence-electron chi connectivity index (χ0n) is 15.3. The van der Waals surface area contributed by atoms with Gasteiger partial charge in [0.1, 0.15) is 11.3 Å². The van der Waals surface area contributed by atoms with Crippen molar-refractivity contribution >= 4 is 28.6 Å². The summed E-state index contributed by atoms with van der Waals surface area (Å²) in [7, 11) is 0. The maximum Gasteiger partial charge on any atom is 0.202 e. The Kier molecular flexibility index (Phi) is 4.06. The van der Waals surface area contributed by atoms with E-state index in [0.717, 1.165) is 61.7 Å². The molecule has 2 aromatic heterocycles. The van der Waals surface area contributed by atoms with Gasteiger partial charge >= 0.3 is 0 Å². The van der Waals surface area contributed by atoms with E-state index in [1.165, 1.54) is 0 Å². The van der Waals surface area contributed by atoms with Gasteiger partial charge in [-0.1, -0.05) is 36.7 Å². The zero-order chi connectivity index (χ0) is 18.4. The van der Waals surface area contributed by atoms with E-state index in [1.807, 2.05) is 30.5 Å². The first-order valence-corrected chi connectivity index (χ1v) is 9.83. The van der Waals surface area contributed by atoms with Crippen LogP contribution in [0.1, 0.15) is 19.8 Å². The van der Waals surface area contributed by atoms with Crippen LogP contribution in [0.4, 0.5) is 5.82 Å². The highest BCUT2D eigenvalue weighted by atomic mass is 35.5. The number of anilines is 1. The van der Waals surface area contributed by atoms with Gasteiger partial charge in [0.15, 0.2) is 0 Å². The maximum absolute atomic E-state index is 6.33. The molecule has 2 aliphatic rings. The number of ether oxygens (including phenoxy) is 1. The highest BCUT2D eigenvalue weighted by Gasteiger charge is 2.43. The van der Waals surface area contributed by atoms with Crippen molar-refractivity contribution in [3.05, 3.63) is 35.5 Å². The van der Waals surface area contributed by atoms with E-state index in [-0.39, 0.29) is 0 Å². The topological polar surface area (TPSA) is 66.9 Å². The summed E-state index contributed by atoms with van der Waals surface area (Å²) in [4.78, 5) is 11.7. The van der Waals surface area contributed by atoms with E-state index in [1.54, 1.807) is 0 Å². The fraction of sp³-hybridized carbons (Fsp3) is 0.450. The number of nitrogens with zero attached hydrogens (tertiary/aromatic N) is 4. The predicted octanol–water partition coefficient (Wildman–Crippen LogP) is 3.93. The second-order valence-electron chi connectivity index (χ2n) is 7.74. The minimum Gasteiger partial charge on any atom is -0.381 e. The van der Waals surface area contributed by atoms with Crippen LogP contribution in [0.5, 0.6) is 0 Å². The fourth-order valence-corrected chi connectivity index (χ4v) is 4.60. The van der Waals surface area contributed by atoms with Crippen LogP contribution in [-0.2, 0) is 4.74 Å². The molecule has 0 aliphatic carbocycles. The van der Waals surface area contributed by atoms with E-state index in [9.17, 15) is 0 Å². The average molecular weight is 384 g/mol. The number of aromatic amines is 1. The largest absolute Gasteiger partial charge is 0.381 e. The molecule has 0 radical (unpaired) electrons. The van der Waals surface area contributed by atoms with E-state index in [2.05, 4.69) is 27.0 Å². The van der Waals surface area contributed by atoms with Gasteiger partial charge in [-0.2, -0.15) is 5.10 Å². The van der Waals surface area contributed by atoms with Crippen LogP contribution in [-0.4, -0.2) is 46.5 Å². The predicted molar refractivity (Wildman–Crippen MR) is 106 cm³/mol. The Morgan fingerprint density at radius 3 is 2.81 bits per heavy atom. The van der Waals surface area contributed by atoms with Gasteiger partial charge in [-0.25, -0.2) is 9.97 Å². The molecule has 140 valence electrons. The molecule has 27 heavy (non-hydrogen) atoms. The normalized spacial score (nSPS) is 22.0. The lowest BCUT2D eigenvalue weighted by Gasteiger charge is -2.41. The third-order valence-electron chi connectivity index (χ3n) is 6.28. The summed E-state index contributed by atoms with van der Waals surface area (Å²) in [6, 6.07) is 7.68. The number of halogens is 1. The van der Waals surface area contributed by atoms with E-state index in [4.69, 9.17) is 21.3 Å². The number of benzene rings is 1. The first-order valence-electron chi connectivity index (χ1n) is 9.45. The molecule has 3 aromatic rings. The molecule has 0 saturated carbocycles. The molecule has 0 amide bonds. The van der Waals surface area contributed by atoms with Gasteiger partial charge < -0.3 is 9.64 Å². The summed E-state index contributed by atoms with van der Waals surface area (Å²) in [6.45, 7) is 6.07. The van der Waals surface area contributed by atoms with Crippen molar-refractivity contribution < 1.29 is 4.74 Å². The molecule has 1 aromatic carbocycles. The van der Waals surface area contributed by atoms with E-state index in [0.29, 0.717) is 22.0 Å². The number of H-pyrrole nitrogens is 1. The highest BCUT2D eigenvalue weighted by Crippen LogP contribution is 2.43. The molecule has 5 rings (SSSR count). The van der Waals surface area contributed by atoms with Crippen LogP contribution in [0.2, 0.25) is 5.02 Å². The standard InChI is InChI=1S/C20H22ClN5O/c1-13-11-27-12-20(13)6-8-26(9-7-20)16-10-22-18-17(24-25-19(18)23-16)14-4-2-3-5-15(14)21/h2-5,10,13H,6-9,11-12H2,1H3,(H,23,24,25)/t13-/m1/s1. The first-order chi connectivity index (χ1) is 13.2. The summed E-state index contributed by atoms with van der Waals surface area (Å²) in [6.07, 6.45) is 4.13. The molecule has 4 heterocycles. The van der Waals surface area contributed by atoms with Crippen molar-refractivity contribution in [3.8, 4) is 11.3 Å². The van der Waals surface area contributed by atoms with E-state index >= 15 is 0 Å². The number of piperidine rings is 1. The van der Waals surface area contributed by atoms with Crippen LogP contribution in [0.25, 0.3) is 22.4 Å². The maximum atomic E-state index is 6.33. The molecule has 2 fully saturated rings. The van der Waals surface area contributed by atoms with Crippen LogP contribution < -0.4 is 4.90 Å². The quantitative estimate of drug-likeness (QED) is 0.726. The average Bonchev–Trinajstić information content (AvgIpc) is 3.26. The Morgan fingerprint density at radius 2 is 2.07 bits per heavy atom. The number of nitrogens with one attached hydrogen (secondary N) is 1. The van der Waals surface area contributed by atoms with Crippen LogP contribution in [0.15, 0.2) is 30.5 Å². The SMILES string of the molecule is C[C@@H]1COCC12CCN(c1cnc3c(-c4ccccc4Cl)[nH]nc3n1)CC2. The Labute approximate surface area is 162 Å². The Morgan fingerprint density at radius 1 is 1.26 bits per heavy atom. The van der Waals surface area contributed by atoms with Crippen molar-refractivity contribution in [2.75, 3.05) is 31.2 Å². The molecule has 2 aliphatic heterocycles. The lowest BCUT2D eigenvalue weighted by molar-refractivity contribution is 0.127. The molecule has 1 spiro atoms. The molecule has 2 saturated heterocycles. The lowest BCUT2D eigenvalue weighted by Crippen LogP contribution is -2.43. The fourth-order valence-electron chi connectivity index (χ4n) is 4.37. The summed E-state index contributed by atoms with van der Waals surface area (Å²) < 4.78 is 5.73. The molecule has 1 N–H and O–H groups in total. The van der Waals surface area contributed by atoms with Crippen molar-refractivity contribution in [2.45, 2.75) is 19.8 Å². The van der Waals surface area contributed by atoms with Gasteiger partial charge in [-0.05, 0) is 24.8 Å². The van der Waals surface area contributed by atoms with Crippen molar-refractivity contribution in [2.24, 2.45) is 11.3 Å². The molecular weight excluding hydrogens is 362 g/mol. The number of aromatic nitrogens is 4. The molecule has 6 nitrogen and oxygen atoms in total. The van der Waals surface area contributed by atoms with Gasteiger partial charge in [0, 0.05) is 30.7 Å². The molecular formula is C20H22ClN5O. The minimum absolute atomic E-state index is 0.345. The first kappa shape index (κ1) is 17.0. The minimum atomic E-state index is 0.345. The number of fused-ring (bicyclic) bond motifs is 1. The van der Waals surface area contributed by atoms with Crippen LogP contribution in [0, 0.1) is 11.3 Å². The Balaban J connectivity index is 1.41. The van der Waals surface area contributed by atoms with Gasteiger partial charge in [-0.15, -0.1) is 0 Å². The number of rotatable bonds is 2. The summed E-state index contributed by atoms with van der Waals surface area (Å²) in [5.74, 6) is 1.53.